The van der Waals surface area contributed by atoms with Crippen LogP contribution in [0.4, 0.5) is 5.69 Å². The van der Waals surface area contributed by atoms with Gasteiger partial charge in [-0.3, -0.25) is 14.9 Å². The van der Waals surface area contributed by atoms with E-state index in [-0.39, 0.29) is 22.3 Å². The lowest BCUT2D eigenvalue weighted by atomic mass is 10.1. The van der Waals surface area contributed by atoms with Crippen LogP contribution in [0.3, 0.4) is 0 Å². The minimum absolute atomic E-state index is 0.0577. The van der Waals surface area contributed by atoms with Gasteiger partial charge in [0.25, 0.3) is 11.6 Å². The second-order valence-electron chi connectivity index (χ2n) is 5.18. The molecule has 1 aromatic rings. The summed E-state index contributed by atoms with van der Waals surface area (Å²) in [7, 11) is 0. The molecular formula is C14H17ClN2O4. The first-order chi connectivity index (χ1) is 10.0. The number of carbonyl (C=O) groups is 1. The van der Waals surface area contributed by atoms with E-state index in [1.165, 1.54) is 18.2 Å². The normalized spacial score (nSPS) is 22.4. The molecule has 2 atom stereocenters. The van der Waals surface area contributed by atoms with Crippen molar-refractivity contribution in [3.63, 3.8) is 0 Å². The highest BCUT2D eigenvalue weighted by molar-refractivity contribution is 6.35. The number of nitrogens with one attached hydrogen (secondary N) is 1. The van der Waals surface area contributed by atoms with Gasteiger partial charge in [-0.2, -0.15) is 0 Å². The van der Waals surface area contributed by atoms with Gasteiger partial charge in [-0.25, -0.2) is 0 Å². The SMILES string of the molecule is O=C(NC1CCCCCC1O)c1cccc([N+](=O)[O-])c1Cl. The Morgan fingerprint density at radius 3 is 2.76 bits per heavy atom. The van der Waals surface area contributed by atoms with E-state index in [0.717, 1.165) is 19.3 Å². The van der Waals surface area contributed by atoms with Crippen molar-refractivity contribution in [2.75, 3.05) is 0 Å². The topological polar surface area (TPSA) is 92.5 Å². The van der Waals surface area contributed by atoms with Crippen molar-refractivity contribution in [1.82, 2.24) is 5.32 Å². The number of nitro benzene ring substituents is 1. The number of aliphatic hydroxyl groups is 1. The number of halogens is 1. The van der Waals surface area contributed by atoms with Crippen molar-refractivity contribution in [3.05, 3.63) is 38.9 Å². The van der Waals surface area contributed by atoms with Gasteiger partial charge in [-0.15, -0.1) is 0 Å². The summed E-state index contributed by atoms with van der Waals surface area (Å²) in [5.74, 6) is -0.491. The molecule has 114 valence electrons. The van der Waals surface area contributed by atoms with Gasteiger partial charge in [0.05, 0.1) is 22.6 Å². The van der Waals surface area contributed by atoms with Gasteiger partial charge in [0, 0.05) is 6.07 Å². The fourth-order valence-electron chi connectivity index (χ4n) is 2.54. The maximum atomic E-state index is 12.2. The van der Waals surface area contributed by atoms with Crippen molar-refractivity contribution in [2.24, 2.45) is 0 Å². The number of nitro groups is 1. The average Bonchev–Trinajstić information content (AvgIpc) is 2.64. The van der Waals surface area contributed by atoms with E-state index in [4.69, 9.17) is 11.6 Å². The molecule has 0 aromatic heterocycles. The fourth-order valence-corrected chi connectivity index (χ4v) is 2.82. The molecule has 2 unspecified atom stereocenters. The number of hydrogen-bond acceptors (Lipinski definition) is 4. The Balaban J connectivity index is 2.16. The van der Waals surface area contributed by atoms with Gasteiger partial charge in [0.1, 0.15) is 5.02 Å². The Labute approximate surface area is 127 Å². The molecule has 0 saturated heterocycles. The highest BCUT2D eigenvalue weighted by Crippen LogP contribution is 2.28. The molecule has 1 aliphatic carbocycles. The van der Waals surface area contributed by atoms with Crippen LogP contribution in [0.15, 0.2) is 18.2 Å². The van der Waals surface area contributed by atoms with E-state index in [9.17, 15) is 20.0 Å². The second-order valence-corrected chi connectivity index (χ2v) is 5.56. The van der Waals surface area contributed by atoms with E-state index in [1.54, 1.807) is 0 Å². The Morgan fingerprint density at radius 1 is 1.33 bits per heavy atom. The molecule has 7 heteroatoms. The van der Waals surface area contributed by atoms with Crippen LogP contribution in [0.25, 0.3) is 0 Å². The Bertz CT molecular complexity index is 550. The predicted molar refractivity (Wildman–Crippen MR) is 78.5 cm³/mol. The van der Waals surface area contributed by atoms with Crippen molar-refractivity contribution >= 4 is 23.2 Å². The molecule has 21 heavy (non-hydrogen) atoms. The average molecular weight is 313 g/mol. The highest BCUT2D eigenvalue weighted by Gasteiger charge is 2.26. The van der Waals surface area contributed by atoms with Crippen LogP contribution in [0.2, 0.25) is 5.02 Å². The van der Waals surface area contributed by atoms with E-state index in [1.807, 2.05) is 0 Å². The summed E-state index contributed by atoms with van der Waals surface area (Å²) < 4.78 is 0. The summed E-state index contributed by atoms with van der Waals surface area (Å²) in [6, 6.07) is 3.77. The van der Waals surface area contributed by atoms with Gasteiger partial charge >= 0.3 is 0 Å². The summed E-state index contributed by atoms with van der Waals surface area (Å²) in [4.78, 5) is 22.4. The largest absolute Gasteiger partial charge is 0.391 e. The van der Waals surface area contributed by atoms with Crippen LogP contribution in [-0.4, -0.2) is 28.1 Å². The van der Waals surface area contributed by atoms with Gasteiger partial charge in [-0.1, -0.05) is 36.9 Å². The fraction of sp³-hybridized carbons (Fsp3) is 0.500. The molecule has 2 rings (SSSR count). The zero-order chi connectivity index (χ0) is 15.4. The number of benzene rings is 1. The molecule has 0 radical (unpaired) electrons. The molecule has 2 N–H and O–H groups in total. The molecule has 0 heterocycles. The van der Waals surface area contributed by atoms with E-state index in [0.29, 0.717) is 12.8 Å². The zero-order valence-electron chi connectivity index (χ0n) is 11.4. The number of aliphatic hydroxyl groups excluding tert-OH is 1. The zero-order valence-corrected chi connectivity index (χ0v) is 12.2. The summed E-state index contributed by atoms with van der Waals surface area (Å²) in [5.41, 5.74) is -0.243. The Hall–Kier alpha value is -1.66. The quantitative estimate of drug-likeness (QED) is 0.510. The van der Waals surface area contributed by atoms with Crippen molar-refractivity contribution in [2.45, 2.75) is 44.2 Å². The van der Waals surface area contributed by atoms with E-state index < -0.39 is 16.9 Å². The van der Waals surface area contributed by atoms with Gasteiger partial charge in [0.15, 0.2) is 0 Å². The lowest BCUT2D eigenvalue weighted by molar-refractivity contribution is -0.384. The lowest BCUT2D eigenvalue weighted by Crippen LogP contribution is -2.42. The van der Waals surface area contributed by atoms with Crippen molar-refractivity contribution in [1.29, 1.82) is 0 Å². The molecule has 1 saturated carbocycles. The van der Waals surface area contributed by atoms with Crippen LogP contribution < -0.4 is 5.32 Å². The van der Waals surface area contributed by atoms with Crippen molar-refractivity contribution < 1.29 is 14.8 Å². The minimum atomic E-state index is -0.625. The minimum Gasteiger partial charge on any atom is -0.391 e. The highest BCUT2D eigenvalue weighted by atomic mass is 35.5. The number of rotatable bonds is 3. The first kappa shape index (κ1) is 15.7. The van der Waals surface area contributed by atoms with E-state index in [2.05, 4.69) is 5.32 Å². The van der Waals surface area contributed by atoms with Gasteiger partial charge in [0.2, 0.25) is 0 Å². The van der Waals surface area contributed by atoms with Crippen LogP contribution in [0.5, 0.6) is 0 Å². The predicted octanol–water partition coefficient (Wildman–Crippen LogP) is 2.67. The third kappa shape index (κ3) is 3.71. The molecule has 1 fully saturated rings. The molecule has 0 aliphatic heterocycles. The maximum absolute atomic E-state index is 12.2. The standard InChI is InChI=1S/C14H17ClN2O4/c15-13-9(5-4-7-11(13)17(20)21)14(19)16-10-6-2-1-3-8-12(10)18/h4-5,7,10,12,18H,1-3,6,8H2,(H,16,19). The van der Waals surface area contributed by atoms with Crippen LogP contribution >= 0.6 is 11.6 Å². The third-order valence-electron chi connectivity index (χ3n) is 3.72. The Kier molecular flexibility index (Phi) is 5.14. The van der Waals surface area contributed by atoms with E-state index >= 15 is 0 Å². The second kappa shape index (κ2) is 6.87. The number of amides is 1. The van der Waals surface area contributed by atoms with Crippen molar-refractivity contribution in [3.8, 4) is 0 Å². The number of carbonyl (C=O) groups excluding carboxylic acids is 1. The van der Waals surface area contributed by atoms with Crippen LogP contribution in [0.1, 0.15) is 42.5 Å². The van der Waals surface area contributed by atoms with Gasteiger partial charge < -0.3 is 10.4 Å². The van der Waals surface area contributed by atoms with Crippen LogP contribution in [-0.2, 0) is 0 Å². The molecule has 1 aromatic carbocycles. The first-order valence-corrected chi connectivity index (χ1v) is 7.30. The van der Waals surface area contributed by atoms with Crippen LogP contribution in [0, 0.1) is 10.1 Å². The summed E-state index contributed by atoms with van der Waals surface area (Å²) in [5, 5.41) is 23.4. The molecule has 0 spiro atoms. The maximum Gasteiger partial charge on any atom is 0.288 e. The first-order valence-electron chi connectivity index (χ1n) is 6.92. The third-order valence-corrected chi connectivity index (χ3v) is 4.11. The molecule has 0 bridgehead atoms. The molecule has 1 aliphatic rings. The summed E-state index contributed by atoms with van der Waals surface area (Å²) in [6.45, 7) is 0. The summed E-state index contributed by atoms with van der Waals surface area (Å²) in [6.07, 6.45) is 3.65. The van der Waals surface area contributed by atoms with Gasteiger partial charge in [-0.05, 0) is 18.9 Å². The molecule has 6 nitrogen and oxygen atoms in total. The lowest BCUT2D eigenvalue weighted by Gasteiger charge is -2.21. The smallest absolute Gasteiger partial charge is 0.288 e. The number of hydrogen-bond donors (Lipinski definition) is 2. The summed E-state index contributed by atoms with van der Waals surface area (Å²) >= 11 is 5.92. The molecular weight excluding hydrogens is 296 g/mol. The monoisotopic (exact) mass is 312 g/mol. The Morgan fingerprint density at radius 2 is 2.05 bits per heavy atom. The molecule has 1 amide bonds. The number of nitrogens with zero attached hydrogens (tertiary/aromatic N) is 1.